The highest BCUT2D eigenvalue weighted by molar-refractivity contribution is 7.91. The molecule has 2 aromatic heterocycles. The minimum Gasteiger partial charge on any atom is -0.494 e. The fourth-order valence-electron chi connectivity index (χ4n) is 4.61. The molecule has 0 bridgehead atoms. The molecule has 12 heteroatoms. The summed E-state index contributed by atoms with van der Waals surface area (Å²) >= 11 is 0. The fourth-order valence-corrected chi connectivity index (χ4v) is 5.37. The first kappa shape index (κ1) is 28.5. The maximum absolute atomic E-state index is 13.7. The predicted molar refractivity (Wildman–Crippen MR) is 154 cm³/mol. The van der Waals surface area contributed by atoms with Gasteiger partial charge in [0.1, 0.15) is 18.1 Å². The molecule has 0 spiro atoms. The van der Waals surface area contributed by atoms with Crippen molar-refractivity contribution in [1.29, 1.82) is 0 Å². The van der Waals surface area contributed by atoms with E-state index in [1.807, 2.05) is 79.2 Å². The lowest BCUT2D eigenvalue weighted by Gasteiger charge is -2.29. The molecule has 1 atom stereocenters. The summed E-state index contributed by atoms with van der Waals surface area (Å²) < 4.78 is 32.5. The maximum atomic E-state index is 13.7. The Hall–Kier alpha value is -4.06. The molecular formula is C29H35N7O4S. The van der Waals surface area contributed by atoms with E-state index in [2.05, 4.69) is 15.4 Å². The number of rotatable bonds is 13. The molecular weight excluding hydrogens is 542 g/mol. The van der Waals surface area contributed by atoms with Gasteiger partial charge in [-0.1, -0.05) is 37.3 Å². The van der Waals surface area contributed by atoms with Crippen LogP contribution in [0.1, 0.15) is 57.2 Å². The van der Waals surface area contributed by atoms with Crippen LogP contribution in [0.25, 0.3) is 16.9 Å². The first-order valence-electron chi connectivity index (χ1n) is 13.9. The van der Waals surface area contributed by atoms with Crippen LogP contribution in [-0.2, 0) is 21.2 Å². The Labute approximate surface area is 240 Å². The Morgan fingerprint density at radius 2 is 1.83 bits per heavy atom. The van der Waals surface area contributed by atoms with Gasteiger partial charge in [-0.2, -0.15) is 4.80 Å². The number of tetrazole rings is 1. The van der Waals surface area contributed by atoms with E-state index in [0.29, 0.717) is 24.2 Å². The summed E-state index contributed by atoms with van der Waals surface area (Å²) in [6.45, 7) is 5.83. The van der Waals surface area contributed by atoms with Crippen molar-refractivity contribution in [2.24, 2.45) is 0 Å². The summed E-state index contributed by atoms with van der Waals surface area (Å²) in [5, 5.41) is 12.5. The third-order valence-corrected chi connectivity index (χ3v) is 8.84. The minimum atomic E-state index is -3.33. The monoisotopic (exact) mass is 577 g/mol. The molecule has 5 rings (SSSR count). The van der Waals surface area contributed by atoms with E-state index in [1.54, 1.807) is 11.8 Å². The molecule has 216 valence electrons. The average Bonchev–Trinajstić information content (AvgIpc) is 3.56. The lowest BCUT2D eigenvalue weighted by molar-refractivity contribution is -0.134. The van der Waals surface area contributed by atoms with Gasteiger partial charge in [-0.3, -0.25) is 4.79 Å². The lowest BCUT2D eigenvalue weighted by atomic mass is 10.2. The largest absolute Gasteiger partial charge is 0.494 e. The second-order valence-electron chi connectivity index (χ2n) is 10.1. The zero-order chi connectivity index (χ0) is 29.0. The van der Waals surface area contributed by atoms with Gasteiger partial charge < -0.3 is 14.2 Å². The molecule has 0 unspecified atom stereocenters. The number of amides is 1. The van der Waals surface area contributed by atoms with Crippen molar-refractivity contribution in [3.63, 3.8) is 0 Å². The van der Waals surface area contributed by atoms with E-state index in [-0.39, 0.29) is 30.5 Å². The first-order chi connectivity index (χ1) is 19.8. The van der Waals surface area contributed by atoms with E-state index in [1.165, 1.54) is 4.80 Å². The van der Waals surface area contributed by atoms with Gasteiger partial charge >= 0.3 is 0 Å². The minimum absolute atomic E-state index is 0.00223. The first-order valence-corrected chi connectivity index (χ1v) is 15.8. The number of carbonyl (C=O) groups is 1. The van der Waals surface area contributed by atoms with Crippen molar-refractivity contribution >= 4 is 15.7 Å². The topological polar surface area (TPSA) is 125 Å². The molecule has 0 aliphatic heterocycles. The highest BCUT2D eigenvalue weighted by Gasteiger charge is 2.31. The van der Waals surface area contributed by atoms with Crippen LogP contribution >= 0.6 is 0 Å². The van der Waals surface area contributed by atoms with Crippen LogP contribution in [0.5, 0.6) is 5.75 Å². The van der Waals surface area contributed by atoms with E-state index < -0.39 is 15.9 Å². The van der Waals surface area contributed by atoms with Crippen molar-refractivity contribution in [3.8, 4) is 22.7 Å². The number of carbonyl (C=O) groups excluding carboxylic acids is 1. The smallest absolute Gasteiger partial charge is 0.246 e. The number of aromatic nitrogens is 6. The normalized spacial score (nSPS) is 14.1. The molecule has 2 heterocycles. The second-order valence-corrected chi connectivity index (χ2v) is 12.6. The highest BCUT2D eigenvalue weighted by Crippen LogP contribution is 2.37. The van der Waals surface area contributed by atoms with Crippen molar-refractivity contribution in [1.82, 2.24) is 34.7 Å². The summed E-state index contributed by atoms with van der Waals surface area (Å²) in [5.74, 6) is 1.82. The van der Waals surface area contributed by atoms with Crippen LogP contribution in [0.15, 0.2) is 60.8 Å². The Morgan fingerprint density at radius 1 is 1.10 bits per heavy atom. The van der Waals surface area contributed by atoms with E-state index in [0.717, 1.165) is 35.5 Å². The molecule has 0 saturated heterocycles. The number of hydrogen-bond acceptors (Lipinski definition) is 8. The molecule has 1 aliphatic carbocycles. The van der Waals surface area contributed by atoms with E-state index >= 15 is 0 Å². The van der Waals surface area contributed by atoms with Crippen LogP contribution in [0.2, 0.25) is 0 Å². The standard InChI is InChI=1S/C29H35N7O4S/c1-4-40-25-15-13-24(14-16-25)35-19-26(22-9-7-6-8-10-22)30-29(35)21(3)34(17-18-41(38,39)5-2)27(37)20-36-32-28(31-33-36)23-11-12-23/h6-10,13-16,19,21,23H,4-5,11-12,17-18,20H2,1-3H3/t21-/m1/s1. The number of benzene rings is 2. The van der Waals surface area contributed by atoms with Crippen molar-refractivity contribution < 1.29 is 17.9 Å². The number of ether oxygens (including phenoxy) is 1. The van der Waals surface area contributed by atoms with Crippen molar-refractivity contribution in [2.45, 2.75) is 52.1 Å². The third-order valence-electron chi connectivity index (χ3n) is 7.16. The number of nitrogens with zero attached hydrogens (tertiary/aromatic N) is 7. The third kappa shape index (κ3) is 6.82. The predicted octanol–water partition coefficient (Wildman–Crippen LogP) is 3.83. The summed E-state index contributed by atoms with van der Waals surface area (Å²) in [6, 6.07) is 16.9. The van der Waals surface area contributed by atoms with Gasteiger partial charge in [-0.15, -0.1) is 10.2 Å². The molecule has 11 nitrogen and oxygen atoms in total. The lowest BCUT2D eigenvalue weighted by Crippen LogP contribution is -2.40. The molecule has 1 aliphatic rings. The van der Waals surface area contributed by atoms with Gasteiger partial charge in [-0.05, 0) is 56.2 Å². The average molecular weight is 578 g/mol. The van der Waals surface area contributed by atoms with Gasteiger partial charge in [0, 0.05) is 35.7 Å². The molecule has 1 saturated carbocycles. The Kier molecular flexibility index (Phi) is 8.48. The number of hydrogen-bond donors (Lipinski definition) is 0. The van der Waals surface area contributed by atoms with Crippen molar-refractivity contribution in [3.05, 3.63) is 72.4 Å². The summed E-state index contributed by atoms with van der Waals surface area (Å²) in [7, 11) is -3.33. The van der Waals surface area contributed by atoms with Gasteiger partial charge in [-0.25, -0.2) is 13.4 Å². The molecule has 1 amide bonds. The van der Waals surface area contributed by atoms with Crippen LogP contribution in [0.4, 0.5) is 0 Å². The SMILES string of the molecule is CCOc1ccc(-n2cc(-c3ccccc3)nc2[C@@H](C)N(CCS(=O)(=O)CC)C(=O)Cn2nnc(C3CC3)n2)cc1. The van der Waals surface area contributed by atoms with Crippen LogP contribution in [-0.4, -0.2) is 73.6 Å². The summed E-state index contributed by atoms with van der Waals surface area (Å²) in [5.41, 5.74) is 2.50. The maximum Gasteiger partial charge on any atom is 0.246 e. The zero-order valence-corrected chi connectivity index (χ0v) is 24.4. The number of imidazole rings is 1. The Morgan fingerprint density at radius 3 is 2.49 bits per heavy atom. The molecule has 41 heavy (non-hydrogen) atoms. The Bertz CT molecular complexity index is 1580. The van der Waals surface area contributed by atoms with Crippen LogP contribution in [0.3, 0.4) is 0 Å². The molecule has 4 aromatic rings. The van der Waals surface area contributed by atoms with Crippen LogP contribution < -0.4 is 4.74 Å². The van der Waals surface area contributed by atoms with Crippen molar-refractivity contribution in [2.75, 3.05) is 24.7 Å². The highest BCUT2D eigenvalue weighted by atomic mass is 32.2. The van der Waals surface area contributed by atoms with Gasteiger partial charge in [0.2, 0.25) is 5.91 Å². The summed E-state index contributed by atoms with van der Waals surface area (Å²) in [6.07, 6.45) is 3.98. The molecule has 0 N–H and O–H groups in total. The Balaban J connectivity index is 1.50. The van der Waals surface area contributed by atoms with E-state index in [4.69, 9.17) is 9.72 Å². The number of sulfone groups is 1. The quantitative estimate of drug-likeness (QED) is 0.235. The van der Waals surface area contributed by atoms with E-state index in [9.17, 15) is 13.2 Å². The molecule has 0 radical (unpaired) electrons. The van der Waals surface area contributed by atoms with Crippen LogP contribution in [0, 0.1) is 0 Å². The second kappa shape index (κ2) is 12.2. The fraction of sp³-hybridized carbons (Fsp3) is 0.414. The molecule has 2 aromatic carbocycles. The van der Waals surface area contributed by atoms with Gasteiger partial charge in [0.25, 0.3) is 0 Å². The van der Waals surface area contributed by atoms with Gasteiger partial charge in [0.05, 0.1) is 24.1 Å². The summed E-state index contributed by atoms with van der Waals surface area (Å²) in [4.78, 5) is 21.5. The molecule has 1 fully saturated rings. The van der Waals surface area contributed by atoms with Gasteiger partial charge in [0.15, 0.2) is 15.7 Å². The zero-order valence-electron chi connectivity index (χ0n) is 23.5.